The van der Waals surface area contributed by atoms with Crippen LogP contribution in [0, 0.1) is 9.39 Å². The number of nitrogens with zero attached hydrogens (tertiary/aromatic N) is 2. The van der Waals surface area contributed by atoms with Crippen molar-refractivity contribution in [1.82, 2.24) is 9.80 Å². The minimum atomic E-state index is -0.283. The van der Waals surface area contributed by atoms with Gasteiger partial charge in [-0.3, -0.25) is 9.59 Å². The highest BCUT2D eigenvalue weighted by Crippen LogP contribution is 2.20. The van der Waals surface area contributed by atoms with Crippen molar-refractivity contribution in [3.8, 4) is 0 Å². The van der Waals surface area contributed by atoms with E-state index in [4.69, 9.17) is 0 Å². The maximum Gasteiger partial charge on any atom is 0.255 e. The molecule has 0 N–H and O–H groups in total. The van der Waals surface area contributed by atoms with Crippen molar-refractivity contribution >= 4 is 46.2 Å². The highest BCUT2D eigenvalue weighted by molar-refractivity contribution is 14.1. The van der Waals surface area contributed by atoms with Crippen molar-refractivity contribution in [2.75, 3.05) is 31.9 Å². The summed E-state index contributed by atoms with van der Waals surface area (Å²) in [5.41, 5.74) is 0.708. The zero-order chi connectivity index (χ0) is 18.5. The fourth-order valence-corrected chi connectivity index (χ4v) is 4.15. The van der Waals surface area contributed by atoms with Gasteiger partial charge in [0.05, 0.1) is 11.3 Å². The highest BCUT2D eigenvalue weighted by Gasteiger charge is 2.25. The zero-order valence-electron chi connectivity index (χ0n) is 14.0. The molecule has 1 saturated heterocycles. The molecule has 7 heteroatoms. The Morgan fingerprint density at radius 1 is 0.962 bits per heavy atom. The monoisotopic (exact) mass is 484 g/mol. The lowest BCUT2D eigenvalue weighted by Gasteiger charge is -2.35. The van der Waals surface area contributed by atoms with Crippen molar-refractivity contribution < 1.29 is 14.0 Å². The number of thioether (sulfide) groups is 1. The van der Waals surface area contributed by atoms with E-state index in [9.17, 15) is 14.0 Å². The van der Waals surface area contributed by atoms with Gasteiger partial charge in [0, 0.05) is 34.6 Å². The van der Waals surface area contributed by atoms with Crippen molar-refractivity contribution in [2.24, 2.45) is 0 Å². The third-order valence-electron chi connectivity index (χ3n) is 4.20. The second-order valence-corrected chi connectivity index (χ2v) is 8.11. The first-order valence-electron chi connectivity index (χ1n) is 8.24. The molecule has 3 rings (SSSR count). The lowest BCUT2D eigenvalue weighted by Crippen LogP contribution is -2.51. The highest BCUT2D eigenvalue weighted by atomic mass is 127. The standard InChI is InChI=1S/C19H18FIN2O2S/c20-14-5-7-15(8-6-14)26-13-18(24)22-9-11-23(12-10-22)19(25)16-3-1-2-4-17(16)21/h1-8H,9-13H2. The van der Waals surface area contributed by atoms with E-state index in [1.807, 2.05) is 24.3 Å². The third kappa shape index (κ3) is 4.76. The molecule has 136 valence electrons. The van der Waals surface area contributed by atoms with Gasteiger partial charge >= 0.3 is 0 Å². The molecular formula is C19H18FIN2O2S. The van der Waals surface area contributed by atoms with Crippen molar-refractivity contribution in [3.05, 3.63) is 63.5 Å². The van der Waals surface area contributed by atoms with Gasteiger partial charge in [-0.1, -0.05) is 12.1 Å². The number of amides is 2. The van der Waals surface area contributed by atoms with Crippen LogP contribution in [-0.2, 0) is 4.79 Å². The Labute approximate surface area is 169 Å². The molecule has 0 unspecified atom stereocenters. The van der Waals surface area contributed by atoms with Gasteiger partial charge in [-0.05, 0) is 59.0 Å². The van der Waals surface area contributed by atoms with Gasteiger partial charge in [0.15, 0.2) is 0 Å². The molecule has 26 heavy (non-hydrogen) atoms. The van der Waals surface area contributed by atoms with Crippen LogP contribution < -0.4 is 0 Å². The Morgan fingerprint density at radius 2 is 1.58 bits per heavy atom. The Kier molecular flexibility index (Phi) is 6.53. The summed E-state index contributed by atoms with van der Waals surface area (Å²) in [6, 6.07) is 13.7. The first-order chi connectivity index (χ1) is 12.5. The molecule has 0 aliphatic carbocycles. The number of halogens is 2. The van der Waals surface area contributed by atoms with Gasteiger partial charge < -0.3 is 9.80 Å². The molecule has 4 nitrogen and oxygen atoms in total. The third-order valence-corrected chi connectivity index (χ3v) is 6.14. The lowest BCUT2D eigenvalue weighted by molar-refractivity contribution is -0.129. The summed E-state index contributed by atoms with van der Waals surface area (Å²) in [5.74, 6) is 0.0916. The van der Waals surface area contributed by atoms with E-state index in [1.54, 1.807) is 21.9 Å². The molecule has 0 aromatic heterocycles. The largest absolute Gasteiger partial charge is 0.338 e. The molecule has 1 heterocycles. The maximum absolute atomic E-state index is 12.9. The molecule has 2 amide bonds. The number of piperazine rings is 1. The van der Waals surface area contributed by atoms with Crippen LogP contribution in [0.4, 0.5) is 4.39 Å². The van der Waals surface area contributed by atoms with Gasteiger partial charge in [-0.25, -0.2) is 4.39 Å². The normalized spacial score (nSPS) is 14.4. The SMILES string of the molecule is O=C(CSc1ccc(F)cc1)N1CCN(C(=O)c2ccccc2I)CC1. The van der Waals surface area contributed by atoms with Crippen molar-refractivity contribution in [2.45, 2.75) is 4.90 Å². The number of benzene rings is 2. The lowest BCUT2D eigenvalue weighted by atomic mass is 10.2. The Bertz CT molecular complexity index is 792. The Hall–Kier alpha value is -1.61. The van der Waals surface area contributed by atoms with Crippen LogP contribution in [0.25, 0.3) is 0 Å². The molecule has 0 spiro atoms. The predicted molar refractivity (Wildman–Crippen MR) is 109 cm³/mol. The van der Waals surface area contributed by atoms with Crippen LogP contribution in [0.1, 0.15) is 10.4 Å². The first kappa shape index (κ1) is 19.2. The Morgan fingerprint density at radius 3 is 2.23 bits per heavy atom. The second kappa shape index (κ2) is 8.85. The van der Waals surface area contributed by atoms with Gasteiger partial charge in [0.1, 0.15) is 5.82 Å². The Balaban J connectivity index is 1.50. The first-order valence-corrected chi connectivity index (χ1v) is 10.3. The topological polar surface area (TPSA) is 40.6 Å². The number of hydrogen-bond donors (Lipinski definition) is 0. The van der Waals surface area contributed by atoms with Crippen LogP contribution in [0.15, 0.2) is 53.4 Å². The fraction of sp³-hybridized carbons (Fsp3) is 0.263. The van der Waals surface area contributed by atoms with Crippen molar-refractivity contribution in [3.63, 3.8) is 0 Å². The molecule has 1 aliphatic heterocycles. The fourth-order valence-electron chi connectivity index (χ4n) is 2.73. The smallest absolute Gasteiger partial charge is 0.255 e. The summed E-state index contributed by atoms with van der Waals surface area (Å²) in [4.78, 5) is 29.4. The molecular weight excluding hydrogens is 466 g/mol. The number of rotatable bonds is 4. The van der Waals surface area contributed by atoms with Crippen LogP contribution in [-0.4, -0.2) is 53.5 Å². The summed E-state index contributed by atoms with van der Waals surface area (Å²) in [7, 11) is 0. The molecule has 0 saturated carbocycles. The average Bonchev–Trinajstić information content (AvgIpc) is 2.67. The number of carbonyl (C=O) groups is 2. The van der Waals surface area contributed by atoms with E-state index >= 15 is 0 Å². The summed E-state index contributed by atoms with van der Waals surface area (Å²) in [5, 5.41) is 0. The summed E-state index contributed by atoms with van der Waals surface area (Å²) >= 11 is 3.56. The zero-order valence-corrected chi connectivity index (χ0v) is 17.0. The maximum atomic E-state index is 12.9. The van der Waals surface area contributed by atoms with Gasteiger partial charge in [-0.15, -0.1) is 11.8 Å². The van der Waals surface area contributed by atoms with E-state index in [2.05, 4.69) is 22.6 Å². The summed E-state index contributed by atoms with van der Waals surface area (Å²) in [6.45, 7) is 2.16. The van der Waals surface area contributed by atoms with E-state index in [0.717, 1.165) is 8.47 Å². The molecule has 2 aromatic carbocycles. The van der Waals surface area contributed by atoms with Gasteiger partial charge in [-0.2, -0.15) is 0 Å². The quantitative estimate of drug-likeness (QED) is 0.493. The summed E-state index contributed by atoms with van der Waals surface area (Å²) < 4.78 is 13.8. The molecule has 0 atom stereocenters. The van der Waals surface area contributed by atoms with E-state index in [-0.39, 0.29) is 17.6 Å². The minimum Gasteiger partial charge on any atom is -0.338 e. The summed E-state index contributed by atoms with van der Waals surface area (Å²) in [6.07, 6.45) is 0. The van der Waals surface area contributed by atoms with Crippen LogP contribution >= 0.6 is 34.4 Å². The van der Waals surface area contributed by atoms with Gasteiger partial charge in [0.25, 0.3) is 5.91 Å². The molecule has 0 radical (unpaired) electrons. The minimum absolute atomic E-state index is 0.0165. The number of hydrogen-bond acceptors (Lipinski definition) is 3. The van der Waals surface area contributed by atoms with Crippen LogP contribution in [0.5, 0.6) is 0 Å². The van der Waals surface area contributed by atoms with Gasteiger partial charge in [0.2, 0.25) is 5.91 Å². The average molecular weight is 484 g/mol. The number of carbonyl (C=O) groups excluding carboxylic acids is 2. The second-order valence-electron chi connectivity index (χ2n) is 5.90. The molecule has 1 fully saturated rings. The van der Waals surface area contributed by atoms with E-state index in [1.165, 1.54) is 23.9 Å². The van der Waals surface area contributed by atoms with Crippen molar-refractivity contribution in [1.29, 1.82) is 0 Å². The van der Waals surface area contributed by atoms with E-state index < -0.39 is 0 Å². The van der Waals surface area contributed by atoms with E-state index in [0.29, 0.717) is 37.5 Å². The molecule has 0 bridgehead atoms. The predicted octanol–water partition coefficient (Wildman–Crippen LogP) is 3.51. The molecule has 1 aliphatic rings. The van der Waals surface area contributed by atoms with Crippen LogP contribution in [0.3, 0.4) is 0 Å². The van der Waals surface area contributed by atoms with Crippen LogP contribution in [0.2, 0.25) is 0 Å². The molecule has 2 aromatic rings.